The van der Waals surface area contributed by atoms with E-state index in [1.165, 1.54) is 15.9 Å². The maximum Gasteiger partial charge on any atom is 0.404 e. The van der Waals surface area contributed by atoms with Crippen molar-refractivity contribution >= 4 is 45.4 Å². The van der Waals surface area contributed by atoms with Crippen LogP contribution in [0.3, 0.4) is 0 Å². The molecule has 112 valence electrons. The van der Waals surface area contributed by atoms with Crippen LogP contribution in [0.1, 0.15) is 0 Å². The Morgan fingerprint density at radius 1 is 1.52 bits per heavy atom. The van der Waals surface area contributed by atoms with Crippen molar-refractivity contribution < 1.29 is 19.4 Å². The lowest BCUT2D eigenvalue weighted by atomic mass is 10.4. The largest absolute Gasteiger partial charge is 0.481 e. The Morgan fingerprint density at radius 3 is 2.95 bits per heavy atom. The minimum atomic E-state index is -1.01. The van der Waals surface area contributed by atoms with Crippen molar-refractivity contribution in [3.05, 3.63) is 21.8 Å². The quantitative estimate of drug-likeness (QED) is 0.591. The number of carbonyl (C=O) groups is 2. The van der Waals surface area contributed by atoms with Gasteiger partial charge in [0, 0.05) is 0 Å². The molecule has 3 N–H and O–H groups in total. The fraction of sp³-hybridized carbons (Fsp3) is 0.273. The number of amides is 1. The lowest BCUT2D eigenvalue weighted by molar-refractivity contribution is -0.133. The smallest absolute Gasteiger partial charge is 0.404 e. The number of carboxylic acid groups (broad SMARTS) is 1. The van der Waals surface area contributed by atoms with Gasteiger partial charge in [-0.05, 0) is 11.4 Å². The first kappa shape index (κ1) is 15.3. The molecule has 2 aromatic heterocycles. The first-order valence-corrected chi connectivity index (χ1v) is 7.60. The normalized spacial score (nSPS) is 10.7. The van der Waals surface area contributed by atoms with E-state index in [4.69, 9.17) is 10.8 Å². The molecule has 8 nitrogen and oxygen atoms in total. The molecule has 0 fully saturated rings. The predicted octanol–water partition coefficient (Wildman–Crippen LogP) is 0.730. The SMILES string of the molecule is NC(=O)OCCn1c(SCC(=O)O)nc2ccsc2c1=O. The fourth-order valence-electron chi connectivity index (χ4n) is 1.59. The number of nitrogens with zero attached hydrogens (tertiary/aromatic N) is 2. The molecule has 0 aromatic carbocycles. The molecule has 2 heterocycles. The molecule has 0 aliphatic rings. The van der Waals surface area contributed by atoms with E-state index in [0.717, 1.165) is 11.8 Å². The van der Waals surface area contributed by atoms with E-state index in [2.05, 4.69) is 9.72 Å². The molecule has 0 bridgehead atoms. The lowest BCUT2D eigenvalue weighted by Crippen LogP contribution is -2.26. The highest BCUT2D eigenvalue weighted by Crippen LogP contribution is 2.20. The van der Waals surface area contributed by atoms with Gasteiger partial charge in [-0.2, -0.15) is 0 Å². The van der Waals surface area contributed by atoms with Gasteiger partial charge in [-0.15, -0.1) is 11.3 Å². The summed E-state index contributed by atoms with van der Waals surface area (Å²) < 4.78 is 6.36. The van der Waals surface area contributed by atoms with E-state index in [9.17, 15) is 14.4 Å². The summed E-state index contributed by atoms with van der Waals surface area (Å²) in [7, 11) is 0. The number of carbonyl (C=O) groups excluding carboxylic acids is 1. The summed E-state index contributed by atoms with van der Waals surface area (Å²) in [4.78, 5) is 37.8. The highest BCUT2D eigenvalue weighted by Gasteiger charge is 2.14. The zero-order valence-electron chi connectivity index (χ0n) is 10.6. The van der Waals surface area contributed by atoms with Crippen LogP contribution in [0.5, 0.6) is 0 Å². The zero-order valence-corrected chi connectivity index (χ0v) is 12.3. The van der Waals surface area contributed by atoms with Gasteiger partial charge in [0.25, 0.3) is 5.56 Å². The highest BCUT2D eigenvalue weighted by atomic mass is 32.2. The molecule has 0 saturated heterocycles. The maximum absolute atomic E-state index is 12.3. The van der Waals surface area contributed by atoms with Crippen molar-refractivity contribution in [3.63, 3.8) is 0 Å². The summed E-state index contributed by atoms with van der Waals surface area (Å²) >= 11 is 2.18. The lowest BCUT2D eigenvalue weighted by Gasteiger charge is -2.10. The predicted molar refractivity (Wildman–Crippen MR) is 77.8 cm³/mol. The molecular formula is C11H11N3O5S2. The van der Waals surface area contributed by atoms with Crippen LogP contribution < -0.4 is 11.3 Å². The van der Waals surface area contributed by atoms with E-state index in [0.29, 0.717) is 10.2 Å². The molecule has 2 aromatic rings. The van der Waals surface area contributed by atoms with Gasteiger partial charge in [0.15, 0.2) is 5.16 Å². The topological polar surface area (TPSA) is 125 Å². The standard InChI is InChI=1S/C11H11N3O5S2/c12-10(18)19-3-2-14-9(17)8-6(1-4-20-8)13-11(14)21-5-7(15)16/h1,4H,2-3,5H2,(H2,12,18)(H,15,16). The van der Waals surface area contributed by atoms with Gasteiger partial charge in [-0.3, -0.25) is 14.2 Å². The summed E-state index contributed by atoms with van der Waals surface area (Å²) in [6.07, 6.45) is -0.937. The van der Waals surface area contributed by atoms with Crippen LogP contribution in [0, 0.1) is 0 Å². The van der Waals surface area contributed by atoms with Gasteiger partial charge in [0.05, 0.1) is 17.8 Å². The van der Waals surface area contributed by atoms with Crippen molar-refractivity contribution in [1.29, 1.82) is 0 Å². The molecule has 0 aliphatic carbocycles. The Kier molecular flexibility index (Phi) is 4.81. The van der Waals surface area contributed by atoms with Gasteiger partial charge in [-0.25, -0.2) is 9.78 Å². The van der Waals surface area contributed by atoms with Crippen LogP contribution in [-0.4, -0.2) is 39.1 Å². The van der Waals surface area contributed by atoms with E-state index in [1.54, 1.807) is 11.4 Å². The molecular weight excluding hydrogens is 318 g/mol. The number of nitrogens with two attached hydrogens (primary N) is 1. The number of carboxylic acids is 1. The minimum absolute atomic E-state index is 0.0601. The van der Waals surface area contributed by atoms with Crippen molar-refractivity contribution in [2.24, 2.45) is 5.73 Å². The number of aliphatic carboxylic acids is 1. The molecule has 0 aliphatic heterocycles. The molecule has 0 atom stereocenters. The summed E-state index contributed by atoms with van der Waals surface area (Å²) in [5, 5.41) is 10.7. The van der Waals surface area contributed by atoms with Crippen LogP contribution >= 0.6 is 23.1 Å². The van der Waals surface area contributed by atoms with Crippen molar-refractivity contribution in [2.45, 2.75) is 11.7 Å². The molecule has 0 unspecified atom stereocenters. The monoisotopic (exact) mass is 329 g/mol. The highest BCUT2D eigenvalue weighted by molar-refractivity contribution is 7.99. The average molecular weight is 329 g/mol. The minimum Gasteiger partial charge on any atom is -0.481 e. The average Bonchev–Trinajstić information content (AvgIpc) is 2.87. The number of thioether (sulfide) groups is 1. The van der Waals surface area contributed by atoms with Crippen molar-refractivity contribution in [1.82, 2.24) is 9.55 Å². The van der Waals surface area contributed by atoms with E-state index >= 15 is 0 Å². The second-order valence-electron chi connectivity index (χ2n) is 3.84. The third-order valence-corrected chi connectivity index (χ3v) is 4.27. The molecule has 2 rings (SSSR count). The van der Waals surface area contributed by atoms with Gasteiger partial charge < -0.3 is 15.6 Å². The molecule has 0 radical (unpaired) electrons. The molecule has 0 saturated carbocycles. The van der Waals surface area contributed by atoms with Crippen LogP contribution in [0.25, 0.3) is 10.2 Å². The van der Waals surface area contributed by atoms with Crippen LogP contribution in [-0.2, 0) is 16.1 Å². The number of primary amides is 1. The van der Waals surface area contributed by atoms with Crippen molar-refractivity contribution in [2.75, 3.05) is 12.4 Å². The van der Waals surface area contributed by atoms with Gasteiger partial charge in [0.1, 0.15) is 11.3 Å². The third-order valence-electron chi connectivity index (χ3n) is 2.41. The molecule has 1 amide bonds. The third kappa shape index (κ3) is 3.73. The zero-order chi connectivity index (χ0) is 15.4. The van der Waals surface area contributed by atoms with E-state index in [1.807, 2.05) is 0 Å². The first-order valence-electron chi connectivity index (χ1n) is 5.74. The van der Waals surface area contributed by atoms with E-state index in [-0.39, 0.29) is 29.6 Å². The molecule has 10 heteroatoms. The number of fused-ring (bicyclic) bond motifs is 1. The fourth-order valence-corrected chi connectivity index (χ4v) is 3.12. The Balaban J connectivity index is 2.34. The van der Waals surface area contributed by atoms with Crippen molar-refractivity contribution in [3.8, 4) is 0 Å². The Morgan fingerprint density at radius 2 is 2.29 bits per heavy atom. The number of aromatic nitrogens is 2. The maximum atomic E-state index is 12.3. The summed E-state index contributed by atoms with van der Waals surface area (Å²) in [5.74, 6) is -1.24. The Bertz CT molecular complexity index is 739. The van der Waals surface area contributed by atoms with Crippen LogP contribution in [0.15, 0.2) is 21.4 Å². The Hall–Kier alpha value is -2.07. The molecule has 0 spiro atoms. The van der Waals surface area contributed by atoms with Crippen LogP contribution in [0.4, 0.5) is 4.79 Å². The van der Waals surface area contributed by atoms with Crippen LogP contribution in [0.2, 0.25) is 0 Å². The summed E-state index contributed by atoms with van der Waals surface area (Å²) in [6.45, 7) is -0.0288. The first-order chi connectivity index (χ1) is 9.99. The van der Waals surface area contributed by atoms with Gasteiger partial charge >= 0.3 is 12.1 Å². The summed E-state index contributed by atoms with van der Waals surface area (Å²) in [6, 6.07) is 1.69. The van der Waals surface area contributed by atoms with E-state index < -0.39 is 12.1 Å². The number of hydrogen-bond donors (Lipinski definition) is 2. The number of hydrogen-bond acceptors (Lipinski definition) is 7. The number of ether oxygens (including phenoxy) is 1. The van der Waals surface area contributed by atoms with Gasteiger partial charge in [0.2, 0.25) is 0 Å². The second kappa shape index (κ2) is 6.59. The number of rotatable bonds is 6. The second-order valence-corrected chi connectivity index (χ2v) is 5.69. The molecule has 21 heavy (non-hydrogen) atoms. The van der Waals surface area contributed by atoms with Gasteiger partial charge in [-0.1, -0.05) is 11.8 Å². The Labute approximate surface area is 126 Å². The summed E-state index contributed by atoms with van der Waals surface area (Å²) in [5.41, 5.74) is 5.08. The number of thiophene rings is 1.